The molecule has 0 N–H and O–H groups in total. The number of allylic oxidation sites excluding steroid dienone is 2. The summed E-state index contributed by atoms with van der Waals surface area (Å²) in [5, 5.41) is 0. The first kappa shape index (κ1) is 41.4. The highest BCUT2D eigenvalue weighted by Crippen LogP contribution is 2.46. The quantitative estimate of drug-likeness (QED) is 0.116. The molecule has 0 aliphatic heterocycles. The van der Waals surface area contributed by atoms with Crippen molar-refractivity contribution in [3.8, 4) is 11.5 Å². The molecular formula is C47H66F4O2. The van der Waals surface area contributed by atoms with Gasteiger partial charge in [0.05, 0.1) is 13.2 Å². The lowest BCUT2D eigenvalue weighted by Gasteiger charge is -2.37. The van der Waals surface area contributed by atoms with Crippen molar-refractivity contribution in [2.45, 2.75) is 148 Å². The highest BCUT2D eigenvalue weighted by atomic mass is 19.2. The van der Waals surface area contributed by atoms with Crippen LogP contribution in [0.5, 0.6) is 11.5 Å². The van der Waals surface area contributed by atoms with Crippen molar-refractivity contribution in [2.24, 2.45) is 35.5 Å². The van der Waals surface area contributed by atoms with Gasteiger partial charge in [-0.3, -0.25) is 0 Å². The third-order valence-corrected chi connectivity index (χ3v) is 13.4. The molecule has 4 fully saturated rings. The van der Waals surface area contributed by atoms with Crippen LogP contribution < -0.4 is 9.47 Å². The third-order valence-electron chi connectivity index (χ3n) is 13.4. The van der Waals surface area contributed by atoms with Crippen molar-refractivity contribution < 1.29 is 27.0 Å². The van der Waals surface area contributed by atoms with Crippen molar-refractivity contribution >= 4 is 0 Å². The van der Waals surface area contributed by atoms with Crippen LogP contribution in [0.25, 0.3) is 0 Å². The minimum atomic E-state index is -0.819. The number of ether oxygens (including phenoxy) is 2. The second-order valence-electron chi connectivity index (χ2n) is 16.7. The number of benzene rings is 2. The SMILES string of the molecule is C=CC1CCC(C2CCC(c3ccc(OCCC)c(F)c3F)CC2)CC1.C=CC1CCC(C2CCC(c3ccc(OCCCC)c(F)c3F)CC2)CC1. The Morgan fingerprint density at radius 1 is 0.491 bits per heavy atom. The van der Waals surface area contributed by atoms with Gasteiger partial charge in [-0.1, -0.05) is 44.6 Å². The largest absolute Gasteiger partial charge is 0.490 e. The average Bonchev–Trinajstić information content (AvgIpc) is 3.21. The first-order valence-corrected chi connectivity index (χ1v) is 21.2. The molecule has 294 valence electrons. The molecule has 0 spiro atoms. The lowest BCUT2D eigenvalue weighted by atomic mass is 9.68. The lowest BCUT2D eigenvalue weighted by Crippen LogP contribution is -2.25. The zero-order valence-corrected chi connectivity index (χ0v) is 32.7. The van der Waals surface area contributed by atoms with Gasteiger partial charge in [0.2, 0.25) is 11.6 Å². The summed E-state index contributed by atoms with van der Waals surface area (Å²) in [6.07, 6.45) is 25.6. The molecule has 53 heavy (non-hydrogen) atoms. The Hall–Kier alpha value is -2.76. The Kier molecular flexibility index (Phi) is 16.2. The summed E-state index contributed by atoms with van der Waals surface area (Å²) in [6.45, 7) is 12.7. The van der Waals surface area contributed by atoms with Gasteiger partial charge < -0.3 is 9.47 Å². The number of rotatable bonds is 13. The maximum absolute atomic E-state index is 14.6. The second-order valence-corrected chi connectivity index (χ2v) is 16.7. The maximum Gasteiger partial charge on any atom is 0.200 e. The van der Waals surface area contributed by atoms with E-state index in [1.165, 1.54) is 51.4 Å². The van der Waals surface area contributed by atoms with Gasteiger partial charge in [-0.05, 0) is 186 Å². The van der Waals surface area contributed by atoms with Crippen molar-refractivity contribution in [2.75, 3.05) is 13.2 Å². The fourth-order valence-corrected chi connectivity index (χ4v) is 9.99. The minimum absolute atomic E-state index is 0.0424. The Morgan fingerprint density at radius 2 is 0.849 bits per heavy atom. The van der Waals surface area contributed by atoms with Crippen molar-refractivity contribution in [1.82, 2.24) is 0 Å². The van der Waals surface area contributed by atoms with Gasteiger partial charge in [-0.25, -0.2) is 8.78 Å². The molecule has 6 rings (SSSR count). The lowest BCUT2D eigenvalue weighted by molar-refractivity contribution is 0.170. The van der Waals surface area contributed by atoms with E-state index in [1.54, 1.807) is 24.3 Å². The van der Waals surface area contributed by atoms with Crippen LogP contribution >= 0.6 is 0 Å². The fourth-order valence-electron chi connectivity index (χ4n) is 9.99. The molecule has 0 unspecified atom stereocenters. The summed E-state index contributed by atoms with van der Waals surface area (Å²) >= 11 is 0. The molecule has 0 atom stereocenters. The van der Waals surface area contributed by atoms with Crippen LogP contribution in [-0.2, 0) is 0 Å². The van der Waals surface area contributed by atoms with Crippen LogP contribution in [0, 0.1) is 58.8 Å². The molecule has 4 saturated carbocycles. The zero-order chi connectivity index (χ0) is 37.7. The predicted molar refractivity (Wildman–Crippen MR) is 210 cm³/mol. The molecule has 0 amide bonds. The molecule has 6 heteroatoms. The van der Waals surface area contributed by atoms with E-state index in [9.17, 15) is 17.6 Å². The molecule has 0 heterocycles. The van der Waals surface area contributed by atoms with Gasteiger partial charge in [0, 0.05) is 0 Å². The highest BCUT2D eigenvalue weighted by molar-refractivity contribution is 5.34. The molecule has 4 aliphatic carbocycles. The Bertz CT molecular complexity index is 1420. The van der Waals surface area contributed by atoms with Crippen LogP contribution in [0.15, 0.2) is 49.6 Å². The van der Waals surface area contributed by atoms with Gasteiger partial charge in [0.1, 0.15) is 0 Å². The summed E-state index contributed by atoms with van der Waals surface area (Å²) in [4.78, 5) is 0. The summed E-state index contributed by atoms with van der Waals surface area (Å²) in [7, 11) is 0. The summed E-state index contributed by atoms with van der Waals surface area (Å²) in [6, 6.07) is 6.71. The van der Waals surface area contributed by atoms with E-state index < -0.39 is 23.3 Å². The summed E-state index contributed by atoms with van der Waals surface area (Å²) in [5.41, 5.74) is 1.09. The molecule has 0 bridgehead atoms. The van der Waals surface area contributed by atoms with E-state index >= 15 is 0 Å². The standard InChI is InChI=1S/C24H34F2O.C23H32F2O/c1-3-5-16-27-22-15-14-21(23(25)24(22)26)20-12-10-19(11-13-20)18-8-6-17(4-2)7-9-18;1-3-15-26-21-14-13-20(22(24)23(21)25)19-11-9-18(10-12-19)17-7-5-16(4-2)6-8-17/h4,14-15,17-20H,2-3,5-13,16H2,1H3;4,13-14,16-19H,2-3,5-12,15H2,1H3. The first-order chi connectivity index (χ1) is 25.8. The molecule has 0 radical (unpaired) electrons. The van der Waals surface area contributed by atoms with Crippen LogP contribution in [0.4, 0.5) is 17.6 Å². The number of halogens is 4. The molecule has 0 saturated heterocycles. The Labute approximate surface area is 318 Å². The van der Waals surface area contributed by atoms with E-state index in [4.69, 9.17) is 9.47 Å². The van der Waals surface area contributed by atoms with E-state index in [0.717, 1.165) is 94.3 Å². The highest BCUT2D eigenvalue weighted by Gasteiger charge is 2.34. The smallest absolute Gasteiger partial charge is 0.200 e. The zero-order valence-electron chi connectivity index (χ0n) is 32.7. The van der Waals surface area contributed by atoms with Gasteiger partial charge in [-0.2, -0.15) is 8.78 Å². The van der Waals surface area contributed by atoms with Crippen molar-refractivity contribution in [3.05, 3.63) is 84.0 Å². The number of unbranched alkanes of at least 4 members (excludes halogenated alkanes) is 1. The predicted octanol–water partition coefficient (Wildman–Crippen LogP) is 14.4. The molecule has 2 aromatic rings. The van der Waals surface area contributed by atoms with Gasteiger partial charge in [0.15, 0.2) is 23.1 Å². The Morgan fingerprint density at radius 3 is 1.19 bits per heavy atom. The van der Waals surface area contributed by atoms with E-state index in [1.807, 2.05) is 13.8 Å². The van der Waals surface area contributed by atoms with Gasteiger partial charge in [-0.15, -0.1) is 13.2 Å². The van der Waals surface area contributed by atoms with Crippen LogP contribution in [0.2, 0.25) is 0 Å². The van der Waals surface area contributed by atoms with Gasteiger partial charge in [0.25, 0.3) is 0 Å². The number of hydrogen-bond donors (Lipinski definition) is 0. The van der Waals surface area contributed by atoms with Crippen LogP contribution in [-0.4, -0.2) is 13.2 Å². The average molecular weight is 739 g/mol. The minimum Gasteiger partial charge on any atom is -0.490 e. The van der Waals surface area contributed by atoms with E-state index in [-0.39, 0.29) is 23.3 Å². The van der Waals surface area contributed by atoms with E-state index in [2.05, 4.69) is 25.3 Å². The topological polar surface area (TPSA) is 18.5 Å². The monoisotopic (exact) mass is 738 g/mol. The fraction of sp³-hybridized carbons (Fsp3) is 0.660. The normalized spacial score (nSPS) is 29.0. The van der Waals surface area contributed by atoms with Crippen molar-refractivity contribution in [3.63, 3.8) is 0 Å². The van der Waals surface area contributed by atoms with Gasteiger partial charge >= 0.3 is 0 Å². The summed E-state index contributed by atoms with van der Waals surface area (Å²) < 4.78 is 68.5. The van der Waals surface area contributed by atoms with E-state index in [0.29, 0.717) is 36.2 Å². The second kappa shape index (κ2) is 20.8. The molecule has 4 aliphatic rings. The summed E-state index contributed by atoms with van der Waals surface area (Å²) in [5.74, 6) is 1.92. The molecule has 2 nitrogen and oxygen atoms in total. The Balaban J connectivity index is 0.000000204. The molecule has 2 aromatic carbocycles. The van der Waals surface area contributed by atoms with Crippen LogP contribution in [0.3, 0.4) is 0 Å². The number of hydrogen-bond acceptors (Lipinski definition) is 2. The molecule has 0 aromatic heterocycles. The van der Waals surface area contributed by atoms with Crippen molar-refractivity contribution in [1.29, 1.82) is 0 Å². The third kappa shape index (κ3) is 10.9. The molecular weight excluding hydrogens is 673 g/mol. The van der Waals surface area contributed by atoms with Crippen LogP contribution in [0.1, 0.15) is 159 Å². The first-order valence-electron chi connectivity index (χ1n) is 21.2. The maximum atomic E-state index is 14.6.